The first-order chi connectivity index (χ1) is 26.4. The van der Waals surface area contributed by atoms with Gasteiger partial charge in [-0.05, 0) is 45.9 Å². The Morgan fingerprint density at radius 1 is 0.527 bits per heavy atom. The van der Waals surface area contributed by atoms with Gasteiger partial charge in [-0.25, -0.2) is 0 Å². The molecule has 0 saturated carbocycles. The van der Waals surface area contributed by atoms with Gasteiger partial charge in [0.05, 0.1) is 0 Å². The van der Waals surface area contributed by atoms with Gasteiger partial charge < -0.3 is 9.80 Å². The molecule has 1 saturated heterocycles. The van der Waals surface area contributed by atoms with Crippen LogP contribution in [0, 0.1) is 6.67 Å². The zero-order valence-electron chi connectivity index (χ0n) is 34.0. The second kappa shape index (κ2) is 20.8. The van der Waals surface area contributed by atoms with E-state index in [9.17, 15) is 0 Å². The molecule has 6 rings (SSSR count). The van der Waals surface area contributed by atoms with E-state index in [2.05, 4.69) is 192 Å². The molecule has 0 atom stereocenters. The third kappa shape index (κ3) is 11.9. The number of benzene rings is 5. The van der Waals surface area contributed by atoms with Gasteiger partial charge in [0.25, 0.3) is 0 Å². The maximum absolute atomic E-state index is 6.12. The summed E-state index contributed by atoms with van der Waals surface area (Å²) in [6.45, 7) is 25.5. The van der Waals surface area contributed by atoms with Crippen LogP contribution >= 0.6 is 19.4 Å². The van der Waals surface area contributed by atoms with E-state index in [0.29, 0.717) is 23.7 Å². The molecule has 0 aromatic heterocycles. The molecule has 5 aromatic rings. The number of hydrogen-bond donors (Lipinski definition) is 0. The van der Waals surface area contributed by atoms with Crippen LogP contribution < -0.4 is 9.80 Å². The molecule has 1 fully saturated rings. The Labute approximate surface area is 345 Å². The molecular weight excluding hydrogens is 803 g/mol. The van der Waals surface area contributed by atoms with E-state index in [1.165, 1.54) is 50.3 Å². The number of nitrogens with zero attached hydrogens (tertiary/aromatic N) is 3. The number of hydrogen-bond acceptors (Lipinski definition) is 3. The molecule has 294 valence electrons. The van der Waals surface area contributed by atoms with E-state index >= 15 is 0 Å². The molecule has 0 unspecified atom stereocenters. The Hall–Kier alpha value is -3.27. The maximum atomic E-state index is 6.12. The second-order valence-corrected chi connectivity index (χ2v) is 21.5. The van der Waals surface area contributed by atoms with Crippen molar-refractivity contribution in [1.82, 2.24) is 4.90 Å². The summed E-state index contributed by atoms with van der Waals surface area (Å²) in [5.41, 5.74) is 13.7. The SMILES string of the molecule is CC(C)c1cccc(C(C)C)c1N1[CH-]N(c2c(C(C)C)cccc2C(C)C)CC1.[Cl][Ru]([Cl])=[CH]c1ccccc1CN(Cc1ccccc1)Cc1ccccc1. The number of halogens is 2. The summed E-state index contributed by atoms with van der Waals surface area (Å²) in [5.74, 6) is 2.06. The molecule has 1 aliphatic rings. The number of rotatable bonds is 13. The Balaban J connectivity index is 0.000000212. The molecule has 1 aliphatic heterocycles. The van der Waals surface area contributed by atoms with Crippen molar-refractivity contribution in [3.05, 3.63) is 173 Å². The minimum absolute atomic E-state index is 0.514. The molecular formula is C49H60Cl2N3Ru-. The molecule has 0 radical (unpaired) electrons. The average Bonchev–Trinajstić information content (AvgIpc) is 3.65. The van der Waals surface area contributed by atoms with Crippen LogP contribution in [0.2, 0.25) is 0 Å². The van der Waals surface area contributed by atoms with E-state index in [0.717, 1.165) is 38.3 Å². The van der Waals surface area contributed by atoms with Crippen molar-refractivity contribution in [2.75, 3.05) is 22.9 Å². The van der Waals surface area contributed by atoms with Crippen LogP contribution in [0.3, 0.4) is 0 Å². The monoisotopic (exact) mass is 862 g/mol. The fourth-order valence-corrected chi connectivity index (χ4v) is 9.36. The first-order valence-electron chi connectivity index (χ1n) is 19.8. The summed E-state index contributed by atoms with van der Waals surface area (Å²) in [6, 6.07) is 43.3. The topological polar surface area (TPSA) is 9.72 Å². The molecule has 0 amide bonds. The Kier molecular flexibility index (Phi) is 16.2. The van der Waals surface area contributed by atoms with Crippen molar-refractivity contribution in [3.8, 4) is 0 Å². The summed E-state index contributed by atoms with van der Waals surface area (Å²) in [6.07, 6.45) is 0. The second-order valence-electron chi connectivity index (χ2n) is 15.8. The van der Waals surface area contributed by atoms with Gasteiger partial charge in [-0.15, -0.1) is 0 Å². The third-order valence-corrected chi connectivity index (χ3v) is 12.1. The molecule has 6 heteroatoms. The third-order valence-electron chi connectivity index (χ3n) is 10.3. The molecule has 5 aromatic carbocycles. The summed E-state index contributed by atoms with van der Waals surface area (Å²) < 4.78 is 2.03. The van der Waals surface area contributed by atoms with Crippen molar-refractivity contribution in [1.29, 1.82) is 0 Å². The van der Waals surface area contributed by atoms with Crippen LogP contribution in [0.25, 0.3) is 0 Å². The van der Waals surface area contributed by atoms with Gasteiger partial charge in [-0.3, -0.25) is 0 Å². The van der Waals surface area contributed by atoms with Gasteiger partial charge >= 0.3 is 169 Å². The van der Waals surface area contributed by atoms with Crippen LogP contribution in [0.1, 0.15) is 124 Å². The Morgan fingerprint density at radius 3 is 1.29 bits per heavy atom. The van der Waals surface area contributed by atoms with E-state index in [1.54, 1.807) is 0 Å². The zero-order chi connectivity index (χ0) is 39.5. The van der Waals surface area contributed by atoms with Crippen molar-refractivity contribution < 1.29 is 13.5 Å². The van der Waals surface area contributed by atoms with Gasteiger partial charge in [0.2, 0.25) is 0 Å². The van der Waals surface area contributed by atoms with Crippen LogP contribution in [-0.2, 0) is 33.2 Å². The van der Waals surface area contributed by atoms with Gasteiger partial charge in [0.15, 0.2) is 0 Å². The van der Waals surface area contributed by atoms with Crippen LogP contribution in [0.4, 0.5) is 11.4 Å². The van der Waals surface area contributed by atoms with E-state index in [4.69, 9.17) is 19.4 Å². The Bertz CT molecular complexity index is 1810. The van der Waals surface area contributed by atoms with Crippen LogP contribution in [0.15, 0.2) is 121 Å². The standard InChI is InChI=1S/C27H39N2.C22H21N.2ClH.Ru/c1-18(2)22-11-9-12-23(19(3)4)26(22)28-15-16-29(17-28)27-24(20(5)6)13-10-14-25(27)21(7)8;1-19-10-8-9-15-22(19)18-23(16-20-11-4-2-5-12-20)17-21-13-6-3-7-14-21;;;/h9-14,17-21H,15-16H2,1-8H3;1-15H,16-18H2;2*1H;/q-1;;;;+2/p-2. The number of anilines is 2. The van der Waals surface area contributed by atoms with Crippen LogP contribution in [-0.4, -0.2) is 22.6 Å². The zero-order valence-corrected chi connectivity index (χ0v) is 37.2. The molecule has 0 spiro atoms. The van der Waals surface area contributed by atoms with Crippen molar-refractivity contribution in [2.24, 2.45) is 0 Å². The average molecular weight is 863 g/mol. The van der Waals surface area contributed by atoms with Crippen molar-refractivity contribution in [2.45, 2.75) is 98.7 Å². The first-order valence-corrected chi connectivity index (χ1v) is 25.3. The molecule has 1 heterocycles. The van der Waals surface area contributed by atoms with E-state index in [1.807, 2.05) is 10.7 Å². The fraction of sp³-hybridized carbons (Fsp3) is 0.347. The summed E-state index contributed by atoms with van der Waals surface area (Å²) in [4.78, 5) is 7.47. The van der Waals surface area contributed by atoms with Crippen molar-refractivity contribution in [3.63, 3.8) is 0 Å². The predicted octanol–water partition coefficient (Wildman–Crippen LogP) is 13.6. The summed E-state index contributed by atoms with van der Waals surface area (Å²) in [7, 11) is 12.2. The van der Waals surface area contributed by atoms with Gasteiger partial charge in [0, 0.05) is 24.5 Å². The summed E-state index contributed by atoms with van der Waals surface area (Å²) in [5, 5.41) is 0. The molecule has 3 nitrogen and oxygen atoms in total. The van der Waals surface area contributed by atoms with Gasteiger partial charge in [-0.2, -0.15) is 6.67 Å². The normalized spacial score (nSPS) is 13.3. The van der Waals surface area contributed by atoms with Gasteiger partial charge in [0.1, 0.15) is 0 Å². The molecule has 0 aliphatic carbocycles. The summed E-state index contributed by atoms with van der Waals surface area (Å²) >= 11 is -1.85. The molecule has 55 heavy (non-hydrogen) atoms. The van der Waals surface area contributed by atoms with Crippen LogP contribution in [0.5, 0.6) is 0 Å². The molecule has 0 N–H and O–H groups in total. The van der Waals surface area contributed by atoms with Gasteiger partial charge in [-0.1, -0.05) is 91.8 Å². The quantitative estimate of drug-likeness (QED) is 0.0862. The first kappa shape index (κ1) is 42.9. The number of para-hydroxylation sites is 2. The van der Waals surface area contributed by atoms with E-state index < -0.39 is 13.5 Å². The van der Waals surface area contributed by atoms with Crippen molar-refractivity contribution >= 4 is 35.4 Å². The minimum atomic E-state index is -1.85. The van der Waals surface area contributed by atoms with E-state index in [-0.39, 0.29) is 0 Å². The molecule has 0 bridgehead atoms. The fourth-order valence-electron chi connectivity index (χ4n) is 7.48. The Morgan fingerprint density at radius 2 is 0.909 bits per heavy atom. The predicted molar refractivity (Wildman–Crippen MR) is 237 cm³/mol.